The minimum Gasteiger partial charge on any atom is -0.397 e. The van der Waals surface area contributed by atoms with Crippen LogP contribution in [0.1, 0.15) is 24.1 Å². The average molecular weight is 227 g/mol. The van der Waals surface area contributed by atoms with Crippen molar-refractivity contribution in [3.8, 4) is 0 Å². The predicted octanol–water partition coefficient (Wildman–Crippen LogP) is 3.15. The molecule has 2 aromatic rings. The Kier molecular flexibility index (Phi) is 3.28. The first-order valence-corrected chi connectivity index (χ1v) is 5.70. The lowest BCUT2D eigenvalue weighted by Gasteiger charge is -2.17. The number of nitrogens with two attached hydrogens (primary N) is 1. The highest BCUT2D eigenvalue weighted by Crippen LogP contribution is 2.26. The molecule has 0 radical (unpaired) electrons. The van der Waals surface area contributed by atoms with Crippen LogP contribution in [0, 0.1) is 6.92 Å². The van der Waals surface area contributed by atoms with Gasteiger partial charge in [-0.25, -0.2) is 0 Å². The first kappa shape index (κ1) is 11.5. The van der Waals surface area contributed by atoms with E-state index in [1.54, 1.807) is 12.4 Å². The molecule has 1 aromatic carbocycles. The fourth-order valence-electron chi connectivity index (χ4n) is 1.78. The Balaban J connectivity index is 2.19. The Morgan fingerprint density at radius 3 is 2.59 bits per heavy atom. The van der Waals surface area contributed by atoms with Gasteiger partial charge in [-0.3, -0.25) is 4.98 Å². The Bertz CT molecular complexity index is 494. The number of anilines is 2. The molecule has 0 fully saturated rings. The van der Waals surface area contributed by atoms with Crippen LogP contribution in [0.3, 0.4) is 0 Å². The van der Waals surface area contributed by atoms with Gasteiger partial charge in [-0.1, -0.05) is 12.1 Å². The van der Waals surface area contributed by atoms with E-state index >= 15 is 0 Å². The molecular formula is C14H17N3. The molecule has 3 nitrogen and oxygen atoms in total. The van der Waals surface area contributed by atoms with Gasteiger partial charge in [0.2, 0.25) is 0 Å². The molecule has 0 aliphatic heterocycles. The molecule has 3 heteroatoms. The monoisotopic (exact) mass is 227 g/mol. The molecule has 17 heavy (non-hydrogen) atoms. The summed E-state index contributed by atoms with van der Waals surface area (Å²) in [6.07, 6.45) is 3.60. The first-order valence-electron chi connectivity index (χ1n) is 5.70. The van der Waals surface area contributed by atoms with Gasteiger partial charge in [-0.15, -0.1) is 0 Å². The molecule has 0 bridgehead atoms. The summed E-state index contributed by atoms with van der Waals surface area (Å²) in [5, 5.41) is 3.41. The normalized spacial score (nSPS) is 12.1. The Morgan fingerprint density at radius 2 is 1.88 bits per heavy atom. The standard InChI is InChI=1S/C14H17N3/c1-10-4-3-5-13(14(10)15)17-11(2)12-6-8-16-9-7-12/h3-9,11,17H,15H2,1-2H3. The van der Waals surface area contributed by atoms with E-state index in [0.717, 1.165) is 16.9 Å². The number of aromatic nitrogens is 1. The molecule has 1 aromatic heterocycles. The highest BCUT2D eigenvalue weighted by Gasteiger charge is 2.07. The van der Waals surface area contributed by atoms with Gasteiger partial charge in [0.1, 0.15) is 0 Å². The third-order valence-corrected chi connectivity index (χ3v) is 2.90. The van der Waals surface area contributed by atoms with Crippen molar-refractivity contribution in [3.63, 3.8) is 0 Å². The van der Waals surface area contributed by atoms with Crippen LogP contribution in [0.2, 0.25) is 0 Å². The topological polar surface area (TPSA) is 50.9 Å². The molecule has 1 heterocycles. The fourth-order valence-corrected chi connectivity index (χ4v) is 1.78. The number of hydrogen-bond acceptors (Lipinski definition) is 3. The van der Waals surface area contributed by atoms with Gasteiger partial charge < -0.3 is 11.1 Å². The Hall–Kier alpha value is -2.03. The Morgan fingerprint density at radius 1 is 1.18 bits per heavy atom. The van der Waals surface area contributed by atoms with Gasteiger partial charge in [-0.2, -0.15) is 0 Å². The third-order valence-electron chi connectivity index (χ3n) is 2.90. The molecule has 2 rings (SSSR count). The number of nitrogen functional groups attached to an aromatic ring is 1. The maximum Gasteiger partial charge on any atom is 0.0581 e. The highest BCUT2D eigenvalue weighted by atomic mass is 14.9. The number of nitrogens with zero attached hydrogens (tertiary/aromatic N) is 1. The zero-order valence-corrected chi connectivity index (χ0v) is 10.1. The minimum atomic E-state index is 0.210. The summed E-state index contributed by atoms with van der Waals surface area (Å²) in [5.74, 6) is 0. The smallest absolute Gasteiger partial charge is 0.0581 e. The molecule has 3 N–H and O–H groups in total. The van der Waals surface area contributed by atoms with Gasteiger partial charge in [-0.05, 0) is 43.2 Å². The lowest BCUT2D eigenvalue weighted by molar-refractivity contribution is 0.881. The van der Waals surface area contributed by atoms with Gasteiger partial charge in [0.25, 0.3) is 0 Å². The van der Waals surface area contributed by atoms with Crippen molar-refractivity contribution in [2.75, 3.05) is 11.1 Å². The van der Waals surface area contributed by atoms with Crippen LogP contribution < -0.4 is 11.1 Å². The molecule has 0 amide bonds. The predicted molar refractivity (Wildman–Crippen MR) is 71.9 cm³/mol. The largest absolute Gasteiger partial charge is 0.397 e. The molecule has 0 saturated carbocycles. The van der Waals surface area contributed by atoms with Crippen molar-refractivity contribution < 1.29 is 0 Å². The van der Waals surface area contributed by atoms with Crippen LogP contribution >= 0.6 is 0 Å². The zero-order valence-electron chi connectivity index (χ0n) is 10.1. The van der Waals surface area contributed by atoms with E-state index < -0.39 is 0 Å². The van der Waals surface area contributed by atoms with E-state index in [1.165, 1.54) is 5.56 Å². The first-order chi connectivity index (χ1) is 8.18. The van der Waals surface area contributed by atoms with Gasteiger partial charge in [0.05, 0.1) is 11.4 Å². The zero-order chi connectivity index (χ0) is 12.3. The van der Waals surface area contributed by atoms with Crippen LogP contribution in [0.15, 0.2) is 42.7 Å². The van der Waals surface area contributed by atoms with Crippen molar-refractivity contribution >= 4 is 11.4 Å². The van der Waals surface area contributed by atoms with E-state index in [-0.39, 0.29) is 6.04 Å². The molecule has 88 valence electrons. The van der Waals surface area contributed by atoms with Crippen LogP contribution in [-0.2, 0) is 0 Å². The summed E-state index contributed by atoms with van der Waals surface area (Å²) in [5.41, 5.74) is 10.1. The number of pyridine rings is 1. The van der Waals surface area contributed by atoms with Gasteiger partial charge >= 0.3 is 0 Å². The molecule has 0 spiro atoms. The number of rotatable bonds is 3. The molecular weight excluding hydrogens is 210 g/mol. The van der Waals surface area contributed by atoms with Crippen molar-refractivity contribution in [1.29, 1.82) is 0 Å². The molecule has 0 aliphatic rings. The maximum absolute atomic E-state index is 6.03. The van der Waals surface area contributed by atoms with E-state index in [2.05, 4.69) is 17.2 Å². The number of hydrogen-bond donors (Lipinski definition) is 2. The van der Waals surface area contributed by atoms with E-state index in [1.807, 2.05) is 37.3 Å². The molecule has 0 saturated heterocycles. The van der Waals surface area contributed by atoms with Crippen molar-refractivity contribution in [2.24, 2.45) is 0 Å². The van der Waals surface area contributed by atoms with Gasteiger partial charge in [0.15, 0.2) is 0 Å². The molecule has 0 aliphatic carbocycles. The number of benzene rings is 1. The Labute approximate surface area is 102 Å². The van der Waals surface area contributed by atoms with Crippen LogP contribution in [0.25, 0.3) is 0 Å². The number of para-hydroxylation sites is 1. The van der Waals surface area contributed by atoms with Crippen LogP contribution in [0.5, 0.6) is 0 Å². The lowest BCUT2D eigenvalue weighted by atomic mass is 10.1. The van der Waals surface area contributed by atoms with E-state index in [4.69, 9.17) is 5.73 Å². The quantitative estimate of drug-likeness (QED) is 0.792. The van der Waals surface area contributed by atoms with Crippen molar-refractivity contribution in [2.45, 2.75) is 19.9 Å². The highest BCUT2D eigenvalue weighted by molar-refractivity contribution is 5.70. The summed E-state index contributed by atoms with van der Waals surface area (Å²) in [6.45, 7) is 4.12. The SMILES string of the molecule is Cc1cccc(NC(C)c2ccncc2)c1N. The van der Waals surface area contributed by atoms with Crippen molar-refractivity contribution in [3.05, 3.63) is 53.9 Å². The van der Waals surface area contributed by atoms with E-state index in [9.17, 15) is 0 Å². The van der Waals surface area contributed by atoms with E-state index in [0.29, 0.717) is 0 Å². The second kappa shape index (κ2) is 4.87. The summed E-state index contributed by atoms with van der Waals surface area (Å²) in [4.78, 5) is 4.01. The minimum absolute atomic E-state index is 0.210. The maximum atomic E-state index is 6.03. The average Bonchev–Trinajstić information content (AvgIpc) is 2.36. The number of nitrogens with one attached hydrogen (secondary N) is 1. The lowest BCUT2D eigenvalue weighted by Crippen LogP contribution is -2.08. The summed E-state index contributed by atoms with van der Waals surface area (Å²) >= 11 is 0. The molecule has 1 atom stereocenters. The fraction of sp³-hybridized carbons (Fsp3) is 0.214. The second-order valence-electron chi connectivity index (χ2n) is 4.18. The molecule has 1 unspecified atom stereocenters. The van der Waals surface area contributed by atoms with Crippen LogP contribution in [-0.4, -0.2) is 4.98 Å². The summed E-state index contributed by atoms with van der Waals surface area (Å²) in [6, 6.07) is 10.2. The summed E-state index contributed by atoms with van der Waals surface area (Å²) < 4.78 is 0. The second-order valence-corrected chi connectivity index (χ2v) is 4.18. The third kappa shape index (κ3) is 2.56. The number of aryl methyl sites for hydroxylation is 1. The van der Waals surface area contributed by atoms with Crippen LogP contribution in [0.4, 0.5) is 11.4 Å². The van der Waals surface area contributed by atoms with Gasteiger partial charge in [0, 0.05) is 18.4 Å². The van der Waals surface area contributed by atoms with Crippen molar-refractivity contribution in [1.82, 2.24) is 4.98 Å². The summed E-state index contributed by atoms with van der Waals surface area (Å²) in [7, 11) is 0.